The fraction of sp³-hybridized carbons (Fsp3) is 0.733. The second-order valence-electron chi connectivity index (χ2n) is 10.1. The van der Waals surface area contributed by atoms with Gasteiger partial charge in [-0.05, 0) is 37.8 Å². The first-order valence-corrected chi connectivity index (χ1v) is 13.9. The summed E-state index contributed by atoms with van der Waals surface area (Å²) < 4.78 is 10.8. The number of unbranched alkanes of at least 4 members (excludes halogenated alkanes) is 12. The molecule has 1 aromatic rings. The van der Waals surface area contributed by atoms with Gasteiger partial charge in [-0.3, -0.25) is 0 Å². The highest BCUT2D eigenvalue weighted by atomic mass is 16.5. The molecular weight excluding hydrogens is 424 g/mol. The van der Waals surface area contributed by atoms with E-state index >= 15 is 0 Å². The lowest BCUT2D eigenvalue weighted by Gasteiger charge is -2.13. The van der Waals surface area contributed by atoms with Crippen molar-refractivity contribution in [3.8, 4) is 0 Å². The number of hydrogen-bond donors (Lipinski definition) is 0. The zero-order chi connectivity index (χ0) is 25.0. The Kier molecular flexibility index (Phi) is 17.3. The molecule has 0 aromatic heterocycles. The number of esters is 2. The molecule has 194 valence electrons. The monoisotopic (exact) mass is 474 g/mol. The van der Waals surface area contributed by atoms with Gasteiger partial charge in [-0.2, -0.15) is 0 Å². The molecule has 0 N–H and O–H groups in total. The molecule has 0 amide bonds. The van der Waals surface area contributed by atoms with E-state index < -0.39 is 11.9 Å². The van der Waals surface area contributed by atoms with Gasteiger partial charge in [0.1, 0.15) is 0 Å². The zero-order valence-corrected chi connectivity index (χ0v) is 22.4. The van der Waals surface area contributed by atoms with Crippen LogP contribution in [0.4, 0.5) is 0 Å². The number of carbonyl (C=O) groups excluding carboxylic acids is 2. The van der Waals surface area contributed by atoms with E-state index in [9.17, 15) is 9.59 Å². The van der Waals surface area contributed by atoms with Gasteiger partial charge in [-0.25, -0.2) is 9.59 Å². The van der Waals surface area contributed by atoms with Crippen molar-refractivity contribution in [2.24, 2.45) is 5.92 Å². The van der Waals surface area contributed by atoms with Gasteiger partial charge < -0.3 is 9.47 Å². The molecule has 4 nitrogen and oxygen atoms in total. The van der Waals surface area contributed by atoms with E-state index in [2.05, 4.69) is 13.8 Å². The van der Waals surface area contributed by atoms with Crippen LogP contribution in [0.5, 0.6) is 0 Å². The molecule has 4 heteroatoms. The van der Waals surface area contributed by atoms with E-state index in [1.807, 2.05) is 13.8 Å². The van der Waals surface area contributed by atoms with Gasteiger partial charge in [-0.1, -0.05) is 116 Å². The number of benzene rings is 1. The van der Waals surface area contributed by atoms with Gasteiger partial charge >= 0.3 is 11.9 Å². The minimum Gasteiger partial charge on any atom is -0.462 e. The maximum Gasteiger partial charge on any atom is 0.339 e. The predicted octanol–water partition coefficient (Wildman–Crippen LogP) is 8.92. The van der Waals surface area contributed by atoms with Crippen LogP contribution in [0.25, 0.3) is 0 Å². The summed E-state index contributed by atoms with van der Waals surface area (Å²) >= 11 is 0. The summed E-state index contributed by atoms with van der Waals surface area (Å²) in [6.07, 6.45) is 18.7. The minimum atomic E-state index is -0.469. The molecule has 34 heavy (non-hydrogen) atoms. The van der Waals surface area contributed by atoms with Crippen LogP contribution in [0.2, 0.25) is 0 Å². The molecule has 0 radical (unpaired) electrons. The van der Waals surface area contributed by atoms with Crippen molar-refractivity contribution >= 4 is 11.9 Å². The lowest BCUT2D eigenvalue weighted by Crippen LogP contribution is -2.18. The van der Waals surface area contributed by atoms with E-state index in [0.717, 1.165) is 25.2 Å². The zero-order valence-electron chi connectivity index (χ0n) is 22.4. The Morgan fingerprint density at radius 2 is 1.12 bits per heavy atom. The van der Waals surface area contributed by atoms with Crippen molar-refractivity contribution in [2.75, 3.05) is 6.61 Å². The molecule has 1 rings (SSSR count). The standard InChI is InChI=1S/C30H50O4/c1-5-26(4)34-30(32)28-23-19-18-22-27(28)29(31)33-24-20-16-14-12-10-8-6-7-9-11-13-15-17-21-25(2)3/h18-19,22-23,25-26H,5-17,20-21,24H2,1-4H3. The average Bonchev–Trinajstić information content (AvgIpc) is 2.83. The number of hydrogen-bond acceptors (Lipinski definition) is 4. The van der Waals surface area contributed by atoms with E-state index in [1.54, 1.807) is 24.3 Å². The third kappa shape index (κ3) is 14.4. The highest BCUT2D eigenvalue weighted by Gasteiger charge is 2.20. The van der Waals surface area contributed by atoms with E-state index in [4.69, 9.17) is 9.47 Å². The van der Waals surface area contributed by atoms with Crippen molar-refractivity contribution in [3.63, 3.8) is 0 Å². The topological polar surface area (TPSA) is 52.6 Å². The second kappa shape index (κ2) is 19.5. The normalized spacial score (nSPS) is 12.0. The highest BCUT2D eigenvalue weighted by Crippen LogP contribution is 2.16. The first-order chi connectivity index (χ1) is 16.5. The van der Waals surface area contributed by atoms with Crippen LogP contribution >= 0.6 is 0 Å². The molecule has 0 aliphatic carbocycles. The maximum atomic E-state index is 12.5. The van der Waals surface area contributed by atoms with Gasteiger partial charge in [0.25, 0.3) is 0 Å². The quantitative estimate of drug-likeness (QED) is 0.140. The van der Waals surface area contributed by atoms with E-state index in [0.29, 0.717) is 6.61 Å². The molecule has 0 bridgehead atoms. The first-order valence-electron chi connectivity index (χ1n) is 13.9. The van der Waals surface area contributed by atoms with Crippen LogP contribution in [0.1, 0.15) is 145 Å². The Morgan fingerprint density at radius 3 is 1.59 bits per heavy atom. The molecule has 1 unspecified atom stereocenters. The van der Waals surface area contributed by atoms with Crippen molar-refractivity contribution in [3.05, 3.63) is 35.4 Å². The van der Waals surface area contributed by atoms with Gasteiger partial charge in [0, 0.05) is 0 Å². The largest absolute Gasteiger partial charge is 0.462 e. The van der Waals surface area contributed by atoms with Crippen LogP contribution in [0, 0.1) is 5.92 Å². The third-order valence-electron chi connectivity index (χ3n) is 6.41. The van der Waals surface area contributed by atoms with Gasteiger partial charge in [0.15, 0.2) is 0 Å². The van der Waals surface area contributed by atoms with Crippen molar-refractivity contribution in [2.45, 2.75) is 130 Å². The van der Waals surface area contributed by atoms with Crippen LogP contribution in [-0.4, -0.2) is 24.6 Å². The molecular formula is C30H50O4. The molecule has 0 spiro atoms. The second-order valence-corrected chi connectivity index (χ2v) is 10.1. The lowest BCUT2D eigenvalue weighted by molar-refractivity contribution is 0.0321. The molecule has 0 aliphatic heterocycles. The van der Waals surface area contributed by atoms with E-state index in [-0.39, 0.29) is 17.2 Å². The fourth-order valence-electron chi connectivity index (χ4n) is 4.01. The van der Waals surface area contributed by atoms with Gasteiger partial charge in [-0.15, -0.1) is 0 Å². The Balaban J connectivity index is 2.04. The SMILES string of the molecule is CCC(C)OC(=O)c1ccccc1C(=O)OCCCCCCCCCCCCCCCC(C)C. The van der Waals surface area contributed by atoms with Crippen LogP contribution < -0.4 is 0 Å². The summed E-state index contributed by atoms with van der Waals surface area (Å²) in [6, 6.07) is 6.72. The summed E-state index contributed by atoms with van der Waals surface area (Å²) in [6.45, 7) is 8.81. The molecule has 0 saturated carbocycles. The molecule has 0 heterocycles. The van der Waals surface area contributed by atoms with Crippen LogP contribution in [-0.2, 0) is 9.47 Å². The lowest BCUT2D eigenvalue weighted by atomic mass is 10.0. The molecule has 0 aliphatic rings. The third-order valence-corrected chi connectivity index (χ3v) is 6.41. The summed E-state index contributed by atoms with van der Waals surface area (Å²) in [7, 11) is 0. The Morgan fingerprint density at radius 1 is 0.676 bits per heavy atom. The Labute approximate surface area is 209 Å². The molecule has 1 aromatic carbocycles. The highest BCUT2D eigenvalue weighted by molar-refractivity contribution is 6.03. The maximum absolute atomic E-state index is 12.5. The number of ether oxygens (including phenoxy) is 2. The molecule has 0 saturated heterocycles. The van der Waals surface area contributed by atoms with Crippen molar-refractivity contribution in [1.82, 2.24) is 0 Å². The number of rotatable bonds is 20. The van der Waals surface area contributed by atoms with Crippen LogP contribution in [0.15, 0.2) is 24.3 Å². The summed E-state index contributed by atoms with van der Waals surface area (Å²) in [4.78, 5) is 24.8. The fourth-order valence-corrected chi connectivity index (χ4v) is 4.01. The minimum absolute atomic E-state index is 0.180. The Hall–Kier alpha value is -1.84. The van der Waals surface area contributed by atoms with Crippen molar-refractivity contribution in [1.29, 1.82) is 0 Å². The summed E-state index contributed by atoms with van der Waals surface area (Å²) in [5.74, 6) is -0.0654. The van der Waals surface area contributed by atoms with Gasteiger partial charge in [0.2, 0.25) is 0 Å². The molecule has 0 fully saturated rings. The first kappa shape index (κ1) is 30.2. The predicted molar refractivity (Wildman–Crippen MR) is 141 cm³/mol. The number of carbonyl (C=O) groups is 2. The van der Waals surface area contributed by atoms with Crippen molar-refractivity contribution < 1.29 is 19.1 Å². The van der Waals surface area contributed by atoms with Crippen LogP contribution in [0.3, 0.4) is 0 Å². The summed E-state index contributed by atoms with van der Waals surface area (Å²) in [5.41, 5.74) is 0.560. The average molecular weight is 475 g/mol. The molecule has 1 atom stereocenters. The van der Waals surface area contributed by atoms with Gasteiger partial charge in [0.05, 0.1) is 23.8 Å². The summed E-state index contributed by atoms with van der Waals surface area (Å²) in [5, 5.41) is 0. The smallest absolute Gasteiger partial charge is 0.339 e. The van der Waals surface area contributed by atoms with E-state index in [1.165, 1.54) is 77.0 Å². The Bertz CT molecular complexity index is 668.